The lowest BCUT2D eigenvalue weighted by atomic mass is 10.2. The van der Waals surface area contributed by atoms with Gasteiger partial charge in [-0.3, -0.25) is 0 Å². The Labute approximate surface area is 155 Å². The minimum absolute atomic E-state index is 0.645. The largest absolute Gasteiger partial charge is 0.497 e. The summed E-state index contributed by atoms with van der Waals surface area (Å²) in [6, 6.07) is 13.5. The summed E-state index contributed by atoms with van der Waals surface area (Å²) in [6.45, 7) is 1.36. The van der Waals surface area contributed by atoms with E-state index >= 15 is 0 Å². The van der Waals surface area contributed by atoms with E-state index in [2.05, 4.69) is 16.4 Å². The Morgan fingerprint density at radius 3 is 2.79 bits per heavy atom. The van der Waals surface area contributed by atoms with Crippen LogP contribution >= 0.6 is 34.5 Å². The van der Waals surface area contributed by atoms with Gasteiger partial charge in [-0.15, -0.1) is 11.3 Å². The molecule has 0 atom stereocenters. The second kappa shape index (κ2) is 7.99. The summed E-state index contributed by atoms with van der Waals surface area (Å²) in [5, 5.41) is 5.70. The first kappa shape index (κ1) is 17.2. The third-order valence-electron chi connectivity index (χ3n) is 3.51. The zero-order valence-corrected chi connectivity index (χ0v) is 15.4. The molecule has 24 heavy (non-hydrogen) atoms. The Hall–Kier alpha value is -1.59. The number of aromatic nitrogens is 1. The lowest BCUT2D eigenvalue weighted by Gasteiger charge is -2.05. The summed E-state index contributed by atoms with van der Waals surface area (Å²) in [4.78, 5) is 5.60. The molecule has 1 aromatic heterocycles. The van der Waals surface area contributed by atoms with E-state index in [4.69, 9.17) is 27.9 Å². The number of ether oxygens (including phenoxy) is 1. The molecule has 1 N–H and O–H groups in total. The fraction of sp³-hybridized carbons (Fsp3) is 0.167. The van der Waals surface area contributed by atoms with Crippen LogP contribution in [0, 0.1) is 0 Å². The highest BCUT2D eigenvalue weighted by atomic mass is 35.5. The molecule has 3 nitrogen and oxygen atoms in total. The van der Waals surface area contributed by atoms with Gasteiger partial charge in [0.2, 0.25) is 0 Å². The molecule has 0 spiro atoms. The van der Waals surface area contributed by atoms with Crippen molar-refractivity contribution in [2.75, 3.05) is 7.11 Å². The summed E-state index contributed by atoms with van der Waals surface area (Å²) >= 11 is 13.7. The van der Waals surface area contributed by atoms with E-state index in [0.29, 0.717) is 23.1 Å². The Kier molecular flexibility index (Phi) is 5.74. The highest BCUT2D eigenvalue weighted by Gasteiger charge is 2.06. The molecule has 0 aliphatic rings. The van der Waals surface area contributed by atoms with Gasteiger partial charge in [-0.1, -0.05) is 41.4 Å². The molecule has 3 aromatic rings. The van der Waals surface area contributed by atoms with E-state index in [1.54, 1.807) is 24.5 Å². The first-order chi connectivity index (χ1) is 11.7. The van der Waals surface area contributed by atoms with Crippen LogP contribution < -0.4 is 10.1 Å². The summed E-state index contributed by atoms with van der Waals surface area (Å²) in [7, 11) is 1.67. The number of hydrogen-bond donors (Lipinski definition) is 1. The molecule has 1 heterocycles. The molecule has 0 saturated heterocycles. The summed E-state index contributed by atoms with van der Waals surface area (Å²) in [5.41, 5.74) is 2.13. The van der Waals surface area contributed by atoms with Gasteiger partial charge in [0.05, 0.1) is 12.0 Å². The normalized spacial score (nSPS) is 10.8. The maximum atomic E-state index is 6.17. The van der Waals surface area contributed by atoms with E-state index in [1.807, 2.05) is 36.5 Å². The first-order valence-electron chi connectivity index (χ1n) is 7.39. The number of halogens is 2. The smallest absolute Gasteiger partial charge is 0.119 e. The van der Waals surface area contributed by atoms with E-state index in [-0.39, 0.29) is 0 Å². The van der Waals surface area contributed by atoms with Gasteiger partial charge in [-0.25, -0.2) is 4.98 Å². The van der Waals surface area contributed by atoms with Gasteiger partial charge in [0, 0.05) is 29.3 Å². The van der Waals surface area contributed by atoms with Gasteiger partial charge in [-0.05, 0) is 35.4 Å². The van der Waals surface area contributed by atoms with Crippen molar-refractivity contribution < 1.29 is 4.74 Å². The SMILES string of the molecule is COc1cccc(-c2cnc(CNCc3ccc(Cl)cc3Cl)s2)c1. The summed E-state index contributed by atoms with van der Waals surface area (Å²) < 4.78 is 5.27. The van der Waals surface area contributed by atoms with Gasteiger partial charge in [0.1, 0.15) is 10.8 Å². The molecule has 124 valence electrons. The minimum atomic E-state index is 0.645. The van der Waals surface area contributed by atoms with E-state index in [0.717, 1.165) is 26.8 Å². The number of rotatable bonds is 6. The Balaban J connectivity index is 1.61. The molecule has 2 aromatic carbocycles. The van der Waals surface area contributed by atoms with Gasteiger partial charge in [-0.2, -0.15) is 0 Å². The average Bonchev–Trinajstić information content (AvgIpc) is 3.06. The van der Waals surface area contributed by atoms with E-state index < -0.39 is 0 Å². The molecule has 0 saturated carbocycles. The Bertz CT molecular complexity index is 835. The first-order valence-corrected chi connectivity index (χ1v) is 8.97. The van der Waals surface area contributed by atoms with Crippen molar-refractivity contribution in [3.8, 4) is 16.2 Å². The third kappa shape index (κ3) is 4.28. The van der Waals surface area contributed by atoms with Crippen LogP contribution in [0.15, 0.2) is 48.7 Å². The molecule has 3 rings (SSSR count). The molecular formula is C18H16Cl2N2OS. The number of nitrogens with one attached hydrogen (secondary N) is 1. The number of benzene rings is 2. The molecule has 0 aliphatic carbocycles. The molecule has 0 amide bonds. The quantitative estimate of drug-likeness (QED) is 0.621. The predicted octanol–water partition coefficient (Wildman–Crippen LogP) is 5.42. The molecule has 0 radical (unpaired) electrons. The standard InChI is InChI=1S/C18H16Cl2N2OS/c1-23-15-4-2-3-12(7-15)17-10-22-18(24-17)11-21-9-13-5-6-14(19)8-16(13)20/h2-8,10,21H,9,11H2,1H3. The van der Waals surface area contributed by atoms with Crippen LogP contribution in [0.5, 0.6) is 5.75 Å². The van der Waals surface area contributed by atoms with Crippen molar-refractivity contribution in [1.82, 2.24) is 10.3 Å². The number of methoxy groups -OCH3 is 1. The van der Waals surface area contributed by atoms with Gasteiger partial charge in [0.15, 0.2) is 0 Å². The van der Waals surface area contributed by atoms with Crippen molar-refractivity contribution >= 4 is 34.5 Å². The van der Waals surface area contributed by atoms with Gasteiger partial charge >= 0.3 is 0 Å². The monoisotopic (exact) mass is 378 g/mol. The second-order valence-electron chi connectivity index (χ2n) is 5.19. The van der Waals surface area contributed by atoms with Gasteiger partial charge < -0.3 is 10.1 Å². The zero-order valence-electron chi connectivity index (χ0n) is 13.1. The lowest BCUT2D eigenvalue weighted by molar-refractivity contribution is 0.415. The van der Waals surface area contributed by atoms with E-state index in [9.17, 15) is 0 Å². The van der Waals surface area contributed by atoms with Crippen LogP contribution in [-0.4, -0.2) is 12.1 Å². The Morgan fingerprint density at radius 1 is 1.12 bits per heavy atom. The maximum Gasteiger partial charge on any atom is 0.119 e. The summed E-state index contributed by atoms with van der Waals surface area (Å²) in [5.74, 6) is 0.845. The fourth-order valence-corrected chi connectivity index (χ4v) is 3.63. The zero-order chi connectivity index (χ0) is 16.9. The van der Waals surface area contributed by atoms with E-state index in [1.165, 1.54) is 0 Å². The van der Waals surface area contributed by atoms with Crippen LogP contribution in [0.2, 0.25) is 10.0 Å². The van der Waals surface area contributed by atoms with Crippen LogP contribution in [0.4, 0.5) is 0 Å². The highest BCUT2D eigenvalue weighted by Crippen LogP contribution is 2.29. The number of thiazole rings is 1. The third-order valence-corrected chi connectivity index (χ3v) is 5.15. The maximum absolute atomic E-state index is 6.17. The molecule has 0 unspecified atom stereocenters. The van der Waals surface area contributed by atoms with Crippen molar-refractivity contribution in [3.63, 3.8) is 0 Å². The molecule has 0 aliphatic heterocycles. The van der Waals surface area contributed by atoms with Crippen LogP contribution in [0.25, 0.3) is 10.4 Å². The topological polar surface area (TPSA) is 34.1 Å². The van der Waals surface area contributed by atoms with Crippen molar-refractivity contribution in [3.05, 3.63) is 69.3 Å². The van der Waals surface area contributed by atoms with Crippen molar-refractivity contribution in [2.45, 2.75) is 13.1 Å². The molecular weight excluding hydrogens is 363 g/mol. The van der Waals surface area contributed by atoms with Crippen molar-refractivity contribution in [1.29, 1.82) is 0 Å². The molecule has 6 heteroatoms. The van der Waals surface area contributed by atoms with Crippen LogP contribution in [-0.2, 0) is 13.1 Å². The second-order valence-corrected chi connectivity index (χ2v) is 7.15. The van der Waals surface area contributed by atoms with Crippen molar-refractivity contribution in [2.24, 2.45) is 0 Å². The fourth-order valence-electron chi connectivity index (χ4n) is 2.27. The highest BCUT2D eigenvalue weighted by molar-refractivity contribution is 7.15. The summed E-state index contributed by atoms with van der Waals surface area (Å²) in [6.07, 6.45) is 1.89. The Morgan fingerprint density at radius 2 is 2.00 bits per heavy atom. The predicted molar refractivity (Wildman–Crippen MR) is 101 cm³/mol. The average molecular weight is 379 g/mol. The molecule has 0 fully saturated rings. The van der Waals surface area contributed by atoms with Crippen LogP contribution in [0.1, 0.15) is 10.6 Å². The lowest BCUT2D eigenvalue weighted by Crippen LogP contribution is -2.12. The number of nitrogens with zero attached hydrogens (tertiary/aromatic N) is 1. The molecule has 0 bridgehead atoms. The number of hydrogen-bond acceptors (Lipinski definition) is 4. The van der Waals surface area contributed by atoms with Crippen LogP contribution in [0.3, 0.4) is 0 Å². The minimum Gasteiger partial charge on any atom is -0.497 e. The van der Waals surface area contributed by atoms with Gasteiger partial charge in [0.25, 0.3) is 0 Å².